The van der Waals surface area contributed by atoms with Gasteiger partial charge in [0.1, 0.15) is 35.7 Å². The molecule has 0 atom stereocenters. The molecule has 0 amide bonds. The minimum absolute atomic E-state index is 0.199. The van der Waals surface area contributed by atoms with Gasteiger partial charge in [0.25, 0.3) is 5.56 Å². The Hall–Kier alpha value is -2.95. The van der Waals surface area contributed by atoms with E-state index in [1.165, 1.54) is 4.40 Å². The third-order valence-electron chi connectivity index (χ3n) is 3.12. The summed E-state index contributed by atoms with van der Waals surface area (Å²) < 4.78 is 18.3. The highest BCUT2D eigenvalue weighted by Gasteiger charge is 2.14. The van der Waals surface area contributed by atoms with Gasteiger partial charge in [-0.3, -0.25) is 9.20 Å². The summed E-state index contributed by atoms with van der Waals surface area (Å²) >= 11 is 0. The second-order valence-electron chi connectivity index (χ2n) is 4.62. The molecular weight excluding hydrogens is 282 g/mol. The van der Waals surface area contributed by atoms with Crippen molar-refractivity contribution in [1.29, 1.82) is 0 Å². The lowest BCUT2D eigenvalue weighted by atomic mass is 10.2. The molecule has 0 saturated carbocycles. The van der Waals surface area contributed by atoms with Crippen molar-refractivity contribution in [3.8, 4) is 11.5 Å². The van der Waals surface area contributed by atoms with Gasteiger partial charge >= 0.3 is 0 Å². The molecule has 0 aliphatic carbocycles. The number of fused-ring (bicyclic) bond motifs is 2. The second kappa shape index (κ2) is 5.81. The Balaban J connectivity index is 2.27. The second-order valence-corrected chi connectivity index (χ2v) is 4.62. The summed E-state index contributed by atoms with van der Waals surface area (Å²) in [4.78, 5) is 12.6. The van der Waals surface area contributed by atoms with Crippen LogP contribution in [0.3, 0.4) is 0 Å². The first-order valence-electron chi connectivity index (χ1n) is 6.80. The highest BCUT2D eigenvalue weighted by molar-refractivity contribution is 5.85. The summed E-state index contributed by atoms with van der Waals surface area (Å²) in [5, 5.41) is 0.372. The van der Waals surface area contributed by atoms with Crippen molar-refractivity contribution in [3.63, 3.8) is 0 Å². The van der Waals surface area contributed by atoms with Gasteiger partial charge in [0, 0.05) is 24.4 Å². The van der Waals surface area contributed by atoms with Crippen LogP contribution in [0.25, 0.3) is 16.7 Å². The third kappa shape index (κ3) is 2.37. The largest absolute Gasteiger partial charge is 0.489 e. The number of hydrogen-bond acceptors (Lipinski definition) is 4. The first-order valence-corrected chi connectivity index (χ1v) is 6.80. The number of aromatic nitrogens is 1. The number of benzene rings is 1. The lowest BCUT2D eigenvalue weighted by molar-refractivity contribution is 0.347. The average molecular weight is 297 g/mol. The highest BCUT2D eigenvalue weighted by Crippen LogP contribution is 2.30. The molecule has 0 aliphatic rings. The van der Waals surface area contributed by atoms with E-state index in [-0.39, 0.29) is 12.2 Å². The molecule has 3 rings (SSSR count). The van der Waals surface area contributed by atoms with Crippen molar-refractivity contribution >= 4 is 16.7 Å². The molecule has 112 valence electrons. The lowest BCUT2D eigenvalue weighted by Crippen LogP contribution is -2.13. The molecule has 1 aromatic carbocycles. The van der Waals surface area contributed by atoms with E-state index >= 15 is 0 Å². The van der Waals surface area contributed by atoms with Gasteiger partial charge in [-0.2, -0.15) is 0 Å². The third-order valence-corrected chi connectivity index (χ3v) is 3.12. The van der Waals surface area contributed by atoms with E-state index in [9.17, 15) is 4.79 Å². The Morgan fingerprint density at radius 2 is 1.95 bits per heavy atom. The molecule has 0 saturated heterocycles. The molecule has 5 heteroatoms. The Kier molecular flexibility index (Phi) is 3.70. The van der Waals surface area contributed by atoms with Crippen LogP contribution in [0.1, 0.15) is 0 Å². The van der Waals surface area contributed by atoms with E-state index in [0.29, 0.717) is 34.8 Å². The van der Waals surface area contributed by atoms with Crippen molar-refractivity contribution < 1.29 is 13.9 Å². The van der Waals surface area contributed by atoms with Crippen molar-refractivity contribution in [2.24, 2.45) is 0 Å². The van der Waals surface area contributed by atoms with Crippen LogP contribution in [0, 0.1) is 0 Å². The predicted molar refractivity (Wildman–Crippen MR) is 84.8 cm³/mol. The van der Waals surface area contributed by atoms with Crippen LogP contribution >= 0.6 is 0 Å². The SMILES string of the molecule is C=CCOc1cc(OCC=C)c2c(=O)n3cccc3oc2c1. The quantitative estimate of drug-likeness (QED) is 0.656. The van der Waals surface area contributed by atoms with Gasteiger partial charge < -0.3 is 13.9 Å². The van der Waals surface area contributed by atoms with Crippen LogP contribution in [0.5, 0.6) is 11.5 Å². The zero-order chi connectivity index (χ0) is 15.5. The molecular formula is C17H15NO4. The molecule has 22 heavy (non-hydrogen) atoms. The minimum Gasteiger partial charge on any atom is -0.489 e. The number of nitrogens with zero attached hydrogens (tertiary/aromatic N) is 1. The van der Waals surface area contributed by atoms with Gasteiger partial charge in [0.2, 0.25) is 5.71 Å². The molecule has 0 bridgehead atoms. The van der Waals surface area contributed by atoms with E-state index in [4.69, 9.17) is 13.9 Å². The molecule has 0 aliphatic heterocycles. The summed E-state index contributed by atoms with van der Waals surface area (Å²) in [6.07, 6.45) is 4.90. The van der Waals surface area contributed by atoms with Crippen LogP contribution in [-0.2, 0) is 0 Å². The van der Waals surface area contributed by atoms with E-state index in [0.717, 1.165) is 0 Å². The summed E-state index contributed by atoms with van der Waals surface area (Å²) in [5.74, 6) is 0.950. The standard InChI is InChI=1S/C17H15NO4/c1-3-8-20-12-10-13(21-9-4-2)16-14(11-12)22-15-6-5-7-18(15)17(16)19/h3-7,10-11H,1-2,8-9H2. The zero-order valence-electron chi connectivity index (χ0n) is 12.0. The number of hydrogen-bond donors (Lipinski definition) is 0. The van der Waals surface area contributed by atoms with Crippen LogP contribution in [-0.4, -0.2) is 17.6 Å². The van der Waals surface area contributed by atoms with Crippen molar-refractivity contribution in [2.45, 2.75) is 0 Å². The Labute approximate surface area is 126 Å². The van der Waals surface area contributed by atoms with Crippen molar-refractivity contribution in [1.82, 2.24) is 4.40 Å². The van der Waals surface area contributed by atoms with E-state index in [1.807, 2.05) is 0 Å². The van der Waals surface area contributed by atoms with Crippen molar-refractivity contribution in [2.75, 3.05) is 13.2 Å². The summed E-state index contributed by atoms with van der Waals surface area (Å²) in [6, 6.07) is 6.82. The van der Waals surface area contributed by atoms with Gasteiger partial charge in [-0.25, -0.2) is 0 Å². The van der Waals surface area contributed by atoms with Gasteiger partial charge in [-0.15, -0.1) is 0 Å². The molecule has 0 spiro atoms. The minimum atomic E-state index is -0.199. The summed E-state index contributed by atoms with van der Waals surface area (Å²) in [6.45, 7) is 7.86. The fraction of sp³-hybridized carbons (Fsp3) is 0.118. The molecule has 3 aromatic rings. The summed E-state index contributed by atoms with van der Waals surface area (Å²) in [7, 11) is 0. The normalized spacial score (nSPS) is 10.7. The van der Waals surface area contributed by atoms with E-state index in [2.05, 4.69) is 13.2 Å². The monoisotopic (exact) mass is 297 g/mol. The van der Waals surface area contributed by atoms with Gasteiger partial charge in [-0.1, -0.05) is 25.3 Å². The van der Waals surface area contributed by atoms with Gasteiger partial charge in [0.15, 0.2) is 0 Å². The first-order chi connectivity index (χ1) is 10.7. The van der Waals surface area contributed by atoms with Crippen LogP contribution in [0.15, 0.2) is 65.0 Å². The topological polar surface area (TPSA) is 53.1 Å². The fourth-order valence-corrected chi connectivity index (χ4v) is 2.21. The van der Waals surface area contributed by atoms with Crippen LogP contribution in [0.4, 0.5) is 0 Å². The Bertz CT molecular complexity index is 904. The lowest BCUT2D eigenvalue weighted by Gasteiger charge is -2.10. The highest BCUT2D eigenvalue weighted by atomic mass is 16.5. The average Bonchev–Trinajstić information content (AvgIpc) is 2.99. The molecule has 0 N–H and O–H groups in total. The Morgan fingerprint density at radius 3 is 2.73 bits per heavy atom. The molecule has 0 fully saturated rings. The molecule has 2 aromatic heterocycles. The zero-order valence-corrected chi connectivity index (χ0v) is 12.0. The number of rotatable bonds is 6. The molecule has 5 nitrogen and oxygen atoms in total. The molecule has 0 radical (unpaired) electrons. The maximum atomic E-state index is 12.6. The van der Waals surface area contributed by atoms with Crippen LogP contribution in [0.2, 0.25) is 0 Å². The van der Waals surface area contributed by atoms with Gasteiger partial charge in [0.05, 0.1) is 0 Å². The maximum absolute atomic E-state index is 12.6. The first kappa shape index (κ1) is 14.0. The van der Waals surface area contributed by atoms with Crippen molar-refractivity contribution in [3.05, 3.63) is 66.1 Å². The smallest absolute Gasteiger partial charge is 0.272 e. The number of ether oxygens (including phenoxy) is 2. The Morgan fingerprint density at radius 1 is 1.18 bits per heavy atom. The van der Waals surface area contributed by atoms with E-state index < -0.39 is 0 Å². The van der Waals surface area contributed by atoms with Gasteiger partial charge in [-0.05, 0) is 6.07 Å². The fourth-order valence-electron chi connectivity index (χ4n) is 2.21. The maximum Gasteiger partial charge on any atom is 0.272 e. The predicted octanol–water partition coefficient (Wildman–Crippen LogP) is 3.18. The van der Waals surface area contributed by atoms with Crippen LogP contribution < -0.4 is 15.0 Å². The molecule has 0 unspecified atom stereocenters. The summed E-state index contributed by atoms with van der Waals surface area (Å²) in [5.41, 5.74) is 0.681. The molecule has 2 heterocycles. The van der Waals surface area contributed by atoms with E-state index in [1.54, 1.807) is 42.6 Å².